The number of carbonyl (C=O) groups is 1. The maximum absolute atomic E-state index is 13.1. The Morgan fingerprint density at radius 1 is 1.00 bits per heavy atom. The van der Waals surface area contributed by atoms with Gasteiger partial charge in [-0.3, -0.25) is 9.69 Å². The SMILES string of the molecule is O=C(Nc1cccc(CN2CCCC2)c1)c1cc(C2CC2)nn1-c1ccccc1. The summed E-state index contributed by atoms with van der Waals surface area (Å²) in [5, 5.41) is 7.83. The second-order valence-corrected chi connectivity index (χ2v) is 8.11. The van der Waals surface area contributed by atoms with Gasteiger partial charge < -0.3 is 5.32 Å². The molecule has 5 rings (SSSR count). The second kappa shape index (κ2) is 7.84. The molecule has 5 nitrogen and oxygen atoms in total. The van der Waals surface area contributed by atoms with E-state index in [4.69, 9.17) is 5.10 Å². The van der Waals surface area contributed by atoms with Crippen molar-refractivity contribution in [3.8, 4) is 5.69 Å². The van der Waals surface area contributed by atoms with Crippen molar-refractivity contribution >= 4 is 11.6 Å². The van der Waals surface area contributed by atoms with Crippen LogP contribution in [0.3, 0.4) is 0 Å². The molecule has 2 aromatic carbocycles. The molecule has 1 N–H and O–H groups in total. The van der Waals surface area contributed by atoms with E-state index in [1.807, 2.05) is 48.5 Å². The second-order valence-electron chi connectivity index (χ2n) is 8.11. The van der Waals surface area contributed by atoms with E-state index in [0.717, 1.165) is 49.5 Å². The number of rotatable bonds is 6. The maximum Gasteiger partial charge on any atom is 0.274 e. The minimum atomic E-state index is -0.119. The molecule has 1 amide bonds. The zero-order valence-electron chi connectivity index (χ0n) is 16.6. The van der Waals surface area contributed by atoms with Gasteiger partial charge in [0.05, 0.1) is 11.4 Å². The molecule has 0 unspecified atom stereocenters. The monoisotopic (exact) mass is 386 g/mol. The zero-order chi connectivity index (χ0) is 19.6. The van der Waals surface area contributed by atoms with Crippen LogP contribution in [0.2, 0.25) is 0 Å². The van der Waals surface area contributed by atoms with Crippen LogP contribution in [0.1, 0.15) is 53.3 Å². The molecule has 1 aliphatic carbocycles. The van der Waals surface area contributed by atoms with Crippen LogP contribution in [0, 0.1) is 0 Å². The van der Waals surface area contributed by atoms with Gasteiger partial charge in [-0.2, -0.15) is 5.10 Å². The molecule has 2 fully saturated rings. The van der Waals surface area contributed by atoms with Crippen molar-refractivity contribution in [3.05, 3.63) is 77.6 Å². The van der Waals surface area contributed by atoms with Crippen molar-refractivity contribution in [3.63, 3.8) is 0 Å². The molecule has 2 heterocycles. The zero-order valence-corrected chi connectivity index (χ0v) is 16.6. The van der Waals surface area contributed by atoms with Gasteiger partial charge in [0.25, 0.3) is 5.91 Å². The highest BCUT2D eigenvalue weighted by molar-refractivity contribution is 6.03. The molecule has 0 radical (unpaired) electrons. The number of anilines is 1. The van der Waals surface area contributed by atoms with Crippen LogP contribution in [-0.4, -0.2) is 33.7 Å². The van der Waals surface area contributed by atoms with Gasteiger partial charge >= 0.3 is 0 Å². The summed E-state index contributed by atoms with van der Waals surface area (Å²) in [4.78, 5) is 15.6. The van der Waals surface area contributed by atoms with E-state index in [-0.39, 0.29) is 5.91 Å². The first-order valence-corrected chi connectivity index (χ1v) is 10.5. The Morgan fingerprint density at radius 2 is 1.79 bits per heavy atom. The van der Waals surface area contributed by atoms with Crippen LogP contribution < -0.4 is 5.32 Å². The molecule has 1 saturated heterocycles. The molecule has 2 aliphatic rings. The predicted molar refractivity (Wildman–Crippen MR) is 114 cm³/mol. The average Bonchev–Trinajstić information content (AvgIpc) is 3.28. The molecule has 1 saturated carbocycles. The number of nitrogens with one attached hydrogen (secondary N) is 1. The molecule has 29 heavy (non-hydrogen) atoms. The van der Waals surface area contributed by atoms with E-state index in [1.165, 1.54) is 18.4 Å². The molecule has 1 aromatic heterocycles. The number of hydrogen-bond acceptors (Lipinski definition) is 3. The van der Waals surface area contributed by atoms with Gasteiger partial charge in [-0.05, 0) is 74.7 Å². The number of benzene rings is 2. The summed E-state index contributed by atoms with van der Waals surface area (Å²) in [5.41, 5.74) is 4.58. The van der Waals surface area contributed by atoms with E-state index in [1.54, 1.807) is 4.68 Å². The summed E-state index contributed by atoms with van der Waals surface area (Å²) in [5.74, 6) is 0.377. The Hall–Kier alpha value is -2.92. The van der Waals surface area contributed by atoms with Gasteiger partial charge in [0.15, 0.2) is 0 Å². The van der Waals surface area contributed by atoms with Crippen LogP contribution >= 0.6 is 0 Å². The summed E-state index contributed by atoms with van der Waals surface area (Å²) in [6, 6.07) is 20.0. The first kappa shape index (κ1) is 18.1. The van der Waals surface area contributed by atoms with Crippen molar-refractivity contribution in [2.45, 2.75) is 38.1 Å². The Labute approximate surface area is 171 Å². The van der Waals surface area contributed by atoms with Crippen LogP contribution in [0.15, 0.2) is 60.7 Å². The van der Waals surface area contributed by atoms with Crippen molar-refractivity contribution in [2.75, 3.05) is 18.4 Å². The number of likely N-dealkylation sites (tertiary alicyclic amines) is 1. The highest BCUT2D eigenvalue weighted by Gasteiger charge is 2.29. The van der Waals surface area contributed by atoms with Crippen molar-refractivity contribution < 1.29 is 4.79 Å². The number of nitrogens with zero attached hydrogens (tertiary/aromatic N) is 3. The number of aromatic nitrogens is 2. The van der Waals surface area contributed by atoms with E-state index >= 15 is 0 Å². The van der Waals surface area contributed by atoms with Gasteiger partial charge in [0, 0.05) is 18.2 Å². The summed E-state index contributed by atoms with van der Waals surface area (Å²) in [6.07, 6.45) is 4.88. The lowest BCUT2D eigenvalue weighted by Crippen LogP contribution is -2.19. The summed E-state index contributed by atoms with van der Waals surface area (Å²) in [7, 11) is 0. The van der Waals surface area contributed by atoms with E-state index in [0.29, 0.717) is 11.6 Å². The van der Waals surface area contributed by atoms with Crippen LogP contribution in [0.4, 0.5) is 5.69 Å². The first-order chi connectivity index (χ1) is 14.3. The van der Waals surface area contributed by atoms with Gasteiger partial charge in [0.1, 0.15) is 5.69 Å². The fourth-order valence-electron chi connectivity index (χ4n) is 4.05. The van der Waals surface area contributed by atoms with Crippen LogP contribution in [0.25, 0.3) is 5.69 Å². The summed E-state index contributed by atoms with van der Waals surface area (Å²) < 4.78 is 1.77. The fraction of sp³-hybridized carbons (Fsp3) is 0.333. The van der Waals surface area contributed by atoms with E-state index in [2.05, 4.69) is 22.3 Å². The van der Waals surface area contributed by atoms with Gasteiger partial charge in [-0.15, -0.1) is 0 Å². The summed E-state index contributed by atoms with van der Waals surface area (Å²) in [6.45, 7) is 3.27. The molecule has 3 aromatic rings. The fourth-order valence-corrected chi connectivity index (χ4v) is 4.05. The standard InChI is InChI=1S/C24H26N4O/c29-24(25-20-8-6-7-18(15-20)17-27-13-4-5-14-27)23-16-22(19-11-12-19)26-28(23)21-9-2-1-3-10-21/h1-3,6-10,15-16,19H,4-5,11-14,17H2,(H,25,29). The maximum atomic E-state index is 13.1. The van der Waals surface area contributed by atoms with Gasteiger partial charge in [-0.25, -0.2) is 4.68 Å². The number of carbonyl (C=O) groups excluding carboxylic acids is 1. The minimum Gasteiger partial charge on any atom is -0.321 e. The quantitative estimate of drug-likeness (QED) is 0.674. The highest BCUT2D eigenvalue weighted by Crippen LogP contribution is 2.39. The van der Waals surface area contributed by atoms with Crippen molar-refractivity contribution in [1.29, 1.82) is 0 Å². The third-order valence-corrected chi connectivity index (χ3v) is 5.75. The van der Waals surface area contributed by atoms with Crippen molar-refractivity contribution in [1.82, 2.24) is 14.7 Å². The van der Waals surface area contributed by atoms with Gasteiger partial charge in [0.2, 0.25) is 0 Å². The molecule has 5 heteroatoms. The lowest BCUT2D eigenvalue weighted by Gasteiger charge is -2.15. The van der Waals surface area contributed by atoms with Crippen LogP contribution in [0.5, 0.6) is 0 Å². The average molecular weight is 386 g/mol. The molecule has 1 aliphatic heterocycles. The third kappa shape index (κ3) is 4.10. The highest BCUT2D eigenvalue weighted by atomic mass is 16.2. The van der Waals surface area contributed by atoms with Crippen molar-refractivity contribution in [2.24, 2.45) is 0 Å². The largest absolute Gasteiger partial charge is 0.321 e. The first-order valence-electron chi connectivity index (χ1n) is 10.5. The summed E-state index contributed by atoms with van der Waals surface area (Å²) >= 11 is 0. The molecular weight excluding hydrogens is 360 g/mol. The molecule has 148 valence electrons. The number of hydrogen-bond donors (Lipinski definition) is 1. The Kier molecular flexibility index (Phi) is 4.90. The smallest absolute Gasteiger partial charge is 0.274 e. The number of para-hydroxylation sites is 1. The lowest BCUT2D eigenvalue weighted by molar-refractivity contribution is 0.101. The Morgan fingerprint density at radius 3 is 2.55 bits per heavy atom. The topological polar surface area (TPSA) is 50.2 Å². The minimum absolute atomic E-state index is 0.119. The van der Waals surface area contributed by atoms with Gasteiger partial charge in [-0.1, -0.05) is 30.3 Å². The molecule has 0 bridgehead atoms. The van der Waals surface area contributed by atoms with Crippen LogP contribution in [-0.2, 0) is 6.54 Å². The molecule has 0 spiro atoms. The molecule has 0 atom stereocenters. The Balaban J connectivity index is 1.38. The number of amides is 1. The Bertz CT molecular complexity index is 1000. The van der Waals surface area contributed by atoms with E-state index in [9.17, 15) is 4.79 Å². The molecular formula is C24H26N4O. The predicted octanol–water partition coefficient (Wildman–Crippen LogP) is 4.60. The normalized spacial score (nSPS) is 16.8. The lowest BCUT2D eigenvalue weighted by atomic mass is 10.2. The third-order valence-electron chi connectivity index (χ3n) is 5.75. The van der Waals surface area contributed by atoms with E-state index < -0.39 is 0 Å².